The molecule has 0 aliphatic heterocycles. The van der Waals surface area contributed by atoms with Crippen LogP contribution in [0.25, 0.3) is 0 Å². The zero-order valence-corrected chi connectivity index (χ0v) is 16.8. The van der Waals surface area contributed by atoms with Gasteiger partial charge in [-0.2, -0.15) is 4.37 Å². The monoisotopic (exact) mass is 436 g/mol. The van der Waals surface area contributed by atoms with Gasteiger partial charge in [0.1, 0.15) is 33.7 Å². The van der Waals surface area contributed by atoms with E-state index in [1.165, 1.54) is 18.2 Å². The molecule has 0 aliphatic carbocycles. The second kappa shape index (κ2) is 9.08. The molecular weight excluding hydrogens is 419 g/mol. The number of aliphatic hydroxyl groups is 1. The maximum Gasteiger partial charge on any atom is 0.236 e. The summed E-state index contributed by atoms with van der Waals surface area (Å²) in [4.78, 5) is 0. The number of hydrogen-bond donors (Lipinski definition) is 5. The van der Waals surface area contributed by atoms with E-state index in [4.69, 9.17) is 26.9 Å². The number of nitrogens with one attached hydrogen (secondary N) is 3. The molecule has 0 aliphatic rings. The van der Waals surface area contributed by atoms with Crippen LogP contribution in [0.3, 0.4) is 0 Å². The van der Waals surface area contributed by atoms with E-state index in [2.05, 4.69) is 15.0 Å². The first-order valence-corrected chi connectivity index (χ1v) is 9.67. The number of aromatic hydroxyl groups is 1. The number of halogens is 2. The van der Waals surface area contributed by atoms with Gasteiger partial charge in [0.25, 0.3) is 0 Å². The van der Waals surface area contributed by atoms with E-state index in [0.717, 1.165) is 11.5 Å². The summed E-state index contributed by atoms with van der Waals surface area (Å²) in [5.74, 6) is -0.116. The minimum absolute atomic E-state index is 0.0546. The third-order valence-electron chi connectivity index (χ3n) is 3.82. The van der Waals surface area contributed by atoms with Crippen LogP contribution >= 0.6 is 23.1 Å². The van der Waals surface area contributed by atoms with Crippen molar-refractivity contribution < 1.29 is 19.3 Å². The van der Waals surface area contributed by atoms with Crippen LogP contribution in [-0.2, 0) is 0 Å². The molecule has 152 valence electrons. The Bertz CT molecular complexity index is 1010. The van der Waals surface area contributed by atoms with Crippen molar-refractivity contribution >= 4 is 39.7 Å². The van der Waals surface area contributed by atoms with Crippen molar-refractivity contribution in [1.82, 2.24) is 9.69 Å². The van der Waals surface area contributed by atoms with Gasteiger partial charge in [-0.05, 0) is 54.9 Å². The molecule has 0 fully saturated rings. The molecular formula is C19H18ClFN4O3S. The van der Waals surface area contributed by atoms with Crippen LogP contribution in [0.15, 0.2) is 42.5 Å². The number of nitrogens with zero attached hydrogens (tertiary/aromatic N) is 1. The van der Waals surface area contributed by atoms with Crippen LogP contribution in [0.1, 0.15) is 12.5 Å². The summed E-state index contributed by atoms with van der Waals surface area (Å²) in [5, 5.41) is 33.8. The minimum atomic E-state index is -0.452. The van der Waals surface area contributed by atoms with Gasteiger partial charge in [0.15, 0.2) is 0 Å². The van der Waals surface area contributed by atoms with Crippen molar-refractivity contribution in [1.29, 1.82) is 5.41 Å². The van der Waals surface area contributed by atoms with Crippen molar-refractivity contribution in [3.63, 3.8) is 0 Å². The van der Waals surface area contributed by atoms with Crippen LogP contribution in [0.5, 0.6) is 17.4 Å². The first kappa shape index (κ1) is 20.8. The van der Waals surface area contributed by atoms with Crippen LogP contribution in [-0.4, -0.2) is 33.1 Å². The molecule has 2 aromatic carbocycles. The smallest absolute Gasteiger partial charge is 0.236 e. The summed E-state index contributed by atoms with van der Waals surface area (Å²) in [5.41, 5.74) is 0.873. The lowest BCUT2D eigenvalue weighted by molar-refractivity contribution is 0.264. The maximum atomic E-state index is 13.4. The van der Waals surface area contributed by atoms with E-state index in [1.807, 2.05) is 0 Å². The first-order valence-electron chi connectivity index (χ1n) is 8.52. The molecule has 1 heterocycles. The summed E-state index contributed by atoms with van der Waals surface area (Å²) in [6.07, 6.45) is 0. The third-order valence-corrected chi connectivity index (χ3v) is 4.89. The van der Waals surface area contributed by atoms with Gasteiger partial charge < -0.3 is 25.6 Å². The highest BCUT2D eigenvalue weighted by atomic mass is 35.5. The van der Waals surface area contributed by atoms with Crippen LogP contribution in [0, 0.1) is 11.2 Å². The van der Waals surface area contributed by atoms with Crippen molar-refractivity contribution in [3.8, 4) is 17.4 Å². The van der Waals surface area contributed by atoms with Gasteiger partial charge in [-0.3, -0.25) is 5.41 Å². The summed E-state index contributed by atoms with van der Waals surface area (Å²) in [7, 11) is 0. The third kappa shape index (κ3) is 5.14. The largest absolute Gasteiger partial charge is 0.492 e. The lowest BCUT2D eigenvalue weighted by Gasteiger charge is -2.14. The van der Waals surface area contributed by atoms with Gasteiger partial charge in [-0.25, -0.2) is 4.39 Å². The van der Waals surface area contributed by atoms with Crippen LogP contribution in [0.2, 0.25) is 5.02 Å². The summed E-state index contributed by atoms with van der Waals surface area (Å²) >= 11 is 7.01. The molecule has 1 aromatic heterocycles. The highest BCUT2D eigenvalue weighted by Crippen LogP contribution is 2.34. The quantitative estimate of drug-likeness (QED) is 0.276. The van der Waals surface area contributed by atoms with E-state index in [-0.39, 0.29) is 35.7 Å². The predicted octanol–water partition coefficient (Wildman–Crippen LogP) is 4.47. The number of ether oxygens (including phenoxy) is 1. The Balaban J connectivity index is 1.73. The standard InChI is InChI=1S/C19H18ClFN4O3S/c1-10(9-26)23-17(22)16-18(27)25-29-19(16)24-12-3-5-13(6-4-12)28-15-8-11(21)2-7-14(15)20/h2-8,10,24,26H,9H2,1H3,(H2,22,23)(H,25,27). The normalized spacial score (nSPS) is 11.7. The second-order valence-corrected chi connectivity index (χ2v) is 7.32. The molecule has 3 rings (SSSR count). The molecule has 0 bridgehead atoms. The van der Waals surface area contributed by atoms with Gasteiger partial charge in [0, 0.05) is 17.8 Å². The molecule has 0 spiro atoms. The number of hydrogen-bond acceptors (Lipinski definition) is 7. The summed E-state index contributed by atoms with van der Waals surface area (Å²) in [6, 6.07) is 10.3. The molecule has 0 saturated heterocycles. The number of amidine groups is 1. The minimum Gasteiger partial charge on any atom is -0.492 e. The Kier molecular flexibility index (Phi) is 6.53. The molecule has 7 nitrogen and oxygen atoms in total. The van der Waals surface area contributed by atoms with Crippen molar-refractivity contribution in [3.05, 3.63) is 58.9 Å². The lowest BCUT2D eigenvalue weighted by atomic mass is 10.2. The fourth-order valence-electron chi connectivity index (χ4n) is 2.38. The Morgan fingerprint density at radius 3 is 2.72 bits per heavy atom. The lowest BCUT2D eigenvalue weighted by Crippen LogP contribution is -2.35. The average Bonchev–Trinajstić information content (AvgIpc) is 3.06. The van der Waals surface area contributed by atoms with Crippen molar-refractivity contribution in [2.75, 3.05) is 11.9 Å². The number of benzene rings is 2. The Hall–Kier alpha value is -2.88. The fourth-order valence-corrected chi connectivity index (χ4v) is 3.25. The summed E-state index contributed by atoms with van der Waals surface area (Å²) < 4.78 is 22.8. The van der Waals surface area contributed by atoms with Crippen molar-refractivity contribution in [2.45, 2.75) is 13.0 Å². The number of rotatable bonds is 7. The molecule has 3 aromatic rings. The van der Waals surface area contributed by atoms with Gasteiger partial charge in [-0.1, -0.05) is 11.6 Å². The van der Waals surface area contributed by atoms with E-state index in [0.29, 0.717) is 21.5 Å². The zero-order chi connectivity index (χ0) is 21.0. The Labute approximate surface area is 175 Å². The van der Waals surface area contributed by atoms with E-state index >= 15 is 0 Å². The molecule has 1 unspecified atom stereocenters. The second-order valence-electron chi connectivity index (χ2n) is 6.14. The Morgan fingerprint density at radius 2 is 2.03 bits per heavy atom. The molecule has 10 heteroatoms. The van der Waals surface area contributed by atoms with E-state index in [1.54, 1.807) is 31.2 Å². The number of aromatic nitrogens is 1. The van der Waals surface area contributed by atoms with E-state index < -0.39 is 5.82 Å². The zero-order valence-electron chi connectivity index (χ0n) is 15.2. The van der Waals surface area contributed by atoms with Gasteiger partial charge >= 0.3 is 0 Å². The SMILES string of the molecule is CC(CO)NC(=N)c1c(O)nsc1Nc1ccc(Oc2cc(F)ccc2Cl)cc1. The predicted molar refractivity (Wildman–Crippen MR) is 111 cm³/mol. The highest BCUT2D eigenvalue weighted by Gasteiger charge is 2.19. The highest BCUT2D eigenvalue weighted by molar-refractivity contribution is 7.11. The Morgan fingerprint density at radius 1 is 1.31 bits per heavy atom. The molecule has 29 heavy (non-hydrogen) atoms. The average molecular weight is 437 g/mol. The topological polar surface area (TPSA) is 110 Å². The molecule has 1 atom stereocenters. The van der Waals surface area contributed by atoms with Gasteiger partial charge in [0.05, 0.1) is 11.6 Å². The van der Waals surface area contributed by atoms with Gasteiger partial charge in [0.2, 0.25) is 5.88 Å². The van der Waals surface area contributed by atoms with Gasteiger partial charge in [-0.15, -0.1) is 0 Å². The molecule has 0 amide bonds. The number of aliphatic hydroxyl groups excluding tert-OH is 1. The summed E-state index contributed by atoms with van der Waals surface area (Å²) in [6.45, 7) is 1.56. The van der Waals surface area contributed by atoms with Crippen molar-refractivity contribution in [2.24, 2.45) is 0 Å². The maximum absolute atomic E-state index is 13.4. The molecule has 0 radical (unpaired) electrons. The molecule has 5 N–H and O–H groups in total. The molecule has 0 saturated carbocycles. The van der Waals surface area contributed by atoms with Crippen LogP contribution in [0.4, 0.5) is 15.1 Å². The van der Waals surface area contributed by atoms with E-state index in [9.17, 15) is 9.50 Å². The first-order chi connectivity index (χ1) is 13.9. The fraction of sp³-hybridized carbons (Fsp3) is 0.158. The van der Waals surface area contributed by atoms with Crippen LogP contribution < -0.4 is 15.4 Å². The number of anilines is 2.